The number of nitrogens with zero attached hydrogens (tertiary/aromatic N) is 5. The summed E-state index contributed by atoms with van der Waals surface area (Å²) in [6.45, 7) is 11.0. The van der Waals surface area contributed by atoms with Crippen molar-refractivity contribution in [3.63, 3.8) is 0 Å². The maximum absolute atomic E-state index is 12.3. The molecule has 2 aromatic rings. The van der Waals surface area contributed by atoms with Crippen LogP contribution in [0.3, 0.4) is 0 Å². The molecule has 2 fully saturated rings. The quantitative estimate of drug-likeness (QED) is 0.612. The van der Waals surface area contributed by atoms with E-state index in [9.17, 15) is 4.79 Å². The van der Waals surface area contributed by atoms with Crippen molar-refractivity contribution in [2.75, 3.05) is 33.4 Å². The third-order valence-corrected chi connectivity index (χ3v) is 6.78. The summed E-state index contributed by atoms with van der Waals surface area (Å²) in [5.74, 6) is 1.03. The smallest absolute Gasteiger partial charge is 0.410 e. The van der Waals surface area contributed by atoms with Crippen molar-refractivity contribution in [2.24, 2.45) is 16.6 Å². The molecule has 4 rings (SSSR count). The second-order valence-electron chi connectivity index (χ2n) is 10.9. The number of pyridine rings is 1. The Morgan fingerprint density at radius 2 is 1.95 bits per heavy atom. The van der Waals surface area contributed by atoms with Crippen LogP contribution in [-0.4, -0.2) is 70.5 Å². The van der Waals surface area contributed by atoms with Gasteiger partial charge in [0.1, 0.15) is 11.3 Å². The molecule has 2 aliphatic heterocycles. The zero-order valence-electron chi connectivity index (χ0n) is 23.2. The number of aliphatic imine (C=N–C) groups is 1. The lowest BCUT2D eigenvalue weighted by molar-refractivity contribution is 0.0177. The number of carbonyl (C=O) groups is 1. The third kappa shape index (κ3) is 7.12. The fourth-order valence-corrected chi connectivity index (χ4v) is 4.81. The Hall–Kier alpha value is -3.40. The number of nitrogens with two attached hydrogens (primary N) is 1. The minimum absolute atomic E-state index is 0.232. The summed E-state index contributed by atoms with van der Waals surface area (Å²) >= 11 is 0. The van der Waals surface area contributed by atoms with Crippen molar-refractivity contribution < 1.29 is 19.0 Å². The average molecular weight is 525 g/mol. The highest BCUT2D eigenvalue weighted by Gasteiger charge is 2.27. The molecule has 10 nitrogen and oxygen atoms in total. The number of ether oxygens (including phenoxy) is 3. The van der Waals surface area contributed by atoms with Gasteiger partial charge < -0.3 is 24.8 Å². The molecule has 0 bridgehead atoms. The SMILES string of the molecule is COc1ncc(C(N)=C2CCOCCC2=Nc2cnn(CC3CCN(C(=O)OC(C)(C)C)CC3)c2)cc1C. The molecule has 4 heterocycles. The van der Waals surface area contributed by atoms with E-state index in [1.54, 1.807) is 24.4 Å². The predicted octanol–water partition coefficient (Wildman–Crippen LogP) is 4.50. The lowest BCUT2D eigenvalue weighted by Gasteiger charge is -2.33. The number of rotatable bonds is 5. The van der Waals surface area contributed by atoms with Crippen molar-refractivity contribution in [3.8, 4) is 5.88 Å². The second-order valence-corrected chi connectivity index (χ2v) is 10.9. The molecule has 2 aliphatic rings. The molecule has 0 saturated carbocycles. The number of methoxy groups -OCH3 is 1. The van der Waals surface area contributed by atoms with E-state index in [0.717, 1.165) is 47.5 Å². The first-order valence-corrected chi connectivity index (χ1v) is 13.3. The molecule has 2 aromatic heterocycles. The summed E-state index contributed by atoms with van der Waals surface area (Å²) in [6, 6.07) is 1.99. The number of amides is 1. The Labute approximate surface area is 224 Å². The van der Waals surface area contributed by atoms with Gasteiger partial charge >= 0.3 is 6.09 Å². The maximum atomic E-state index is 12.3. The molecular formula is C28H40N6O4. The van der Waals surface area contributed by atoms with Gasteiger partial charge in [-0.05, 0) is 64.5 Å². The number of hydrogen-bond acceptors (Lipinski definition) is 8. The number of likely N-dealkylation sites (tertiary alicyclic amines) is 1. The zero-order chi connectivity index (χ0) is 27.3. The zero-order valence-corrected chi connectivity index (χ0v) is 23.2. The second kappa shape index (κ2) is 12.0. The summed E-state index contributed by atoms with van der Waals surface area (Å²) in [5.41, 5.74) is 11.3. The first-order valence-electron chi connectivity index (χ1n) is 13.3. The fraction of sp³-hybridized carbons (Fsp3) is 0.571. The van der Waals surface area contributed by atoms with E-state index in [-0.39, 0.29) is 6.09 Å². The van der Waals surface area contributed by atoms with Crippen LogP contribution in [0.2, 0.25) is 0 Å². The Morgan fingerprint density at radius 3 is 2.63 bits per heavy atom. The summed E-state index contributed by atoms with van der Waals surface area (Å²) in [5, 5.41) is 4.56. The number of hydrogen-bond donors (Lipinski definition) is 1. The third-order valence-electron chi connectivity index (χ3n) is 6.78. The van der Waals surface area contributed by atoms with Gasteiger partial charge in [-0.1, -0.05) is 0 Å². The van der Waals surface area contributed by atoms with E-state index < -0.39 is 5.60 Å². The van der Waals surface area contributed by atoms with E-state index in [4.69, 9.17) is 24.9 Å². The summed E-state index contributed by atoms with van der Waals surface area (Å²) in [6.07, 6.45) is 8.46. The van der Waals surface area contributed by atoms with Crippen LogP contribution in [0, 0.1) is 12.8 Å². The van der Waals surface area contributed by atoms with E-state index in [0.29, 0.717) is 56.6 Å². The minimum Gasteiger partial charge on any atom is -0.481 e. The first-order chi connectivity index (χ1) is 18.1. The largest absolute Gasteiger partial charge is 0.481 e. The van der Waals surface area contributed by atoms with Gasteiger partial charge in [-0.15, -0.1) is 0 Å². The van der Waals surface area contributed by atoms with Crippen molar-refractivity contribution in [1.29, 1.82) is 0 Å². The molecule has 2 N–H and O–H groups in total. The minimum atomic E-state index is -0.478. The average Bonchev–Trinajstić information content (AvgIpc) is 3.17. The van der Waals surface area contributed by atoms with E-state index in [1.165, 1.54) is 0 Å². The van der Waals surface area contributed by atoms with Gasteiger partial charge in [0, 0.05) is 54.8 Å². The van der Waals surface area contributed by atoms with Gasteiger partial charge in [-0.25, -0.2) is 14.8 Å². The number of aryl methyl sites for hydroxylation is 1. The van der Waals surface area contributed by atoms with Crippen LogP contribution in [0.25, 0.3) is 5.70 Å². The maximum Gasteiger partial charge on any atom is 0.410 e. The van der Waals surface area contributed by atoms with Crippen molar-refractivity contribution in [3.05, 3.63) is 41.4 Å². The van der Waals surface area contributed by atoms with Gasteiger partial charge in [-0.2, -0.15) is 5.10 Å². The molecule has 38 heavy (non-hydrogen) atoms. The number of aromatic nitrogens is 3. The Bertz CT molecular complexity index is 1190. The fourth-order valence-electron chi connectivity index (χ4n) is 4.81. The topological polar surface area (TPSA) is 117 Å². The van der Waals surface area contributed by atoms with Crippen molar-refractivity contribution in [1.82, 2.24) is 19.7 Å². The molecule has 0 unspecified atom stereocenters. The van der Waals surface area contributed by atoms with Crippen molar-refractivity contribution >= 4 is 23.2 Å². The van der Waals surface area contributed by atoms with Gasteiger partial charge in [0.2, 0.25) is 5.88 Å². The van der Waals surface area contributed by atoms with Gasteiger partial charge in [-0.3, -0.25) is 4.68 Å². The van der Waals surface area contributed by atoms with Gasteiger partial charge in [0.25, 0.3) is 0 Å². The molecular weight excluding hydrogens is 484 g/mol. The lowest BCUT2D eigenvalue weighted by atomic mass is 9.97. The molecule has 206 valence electrons. The molecule has 1 amide bonds. The molecule has 0 atom stereocenters. The molecule has 0 spiro atoms. The van der Waals surface area contributed by atoms with Gasteiger partial charge in [0.05, 0.1) is 32.7 Å². The van der Waals surface area contributed by atoms with Crippen LogP contribution in [-0.2, 0) is 16.0 Å². The van der Waals surface area contributed by atoms with Crippen LogP contribution in [0.4, 0.5) is 10.5 Å². The standard InChI is InChI=1S/C28H40N6O4/c1-19-14-21(15-30-26(19)36-5)25(29)23-8-12-37-13-9-24(23)32-22-16-31-34(18-22)17-20-6-10-33(11-7-20)27(35)38-28(2,3)4/h14-16,18,20H,6-13,17,29H2,1-5H3. The highest BCUT2D eigenvalue weighted by atomic mass is 16.6. The molecule has 10 heteroatoms. The van der Waals surface area contributed by atoms with Crippen molar-refractivity contribution in [2.45, 2.75) is 65.5 Å². The highest BCUT2D eigenvalue weighted by Crippen LogP contribution is 2.27. The molecule has 0 aliphatic carbocycles. The van der Waals surface area contributed by atoms with E-state index in [1.807, 2.05) is 44.6 Å². The number of piperidine rings is 1. The predicted molar refractivity (Wildman–Crippen MR) is 147 cm³/mol. The van der Waals surface area contributed by atoms with E-state index >= 15 is 0 Å². The summed E-state index contributed by atoms with van der Waals surface area (Å²) in [7, 11) is 1.61. The Morgan fingerprint density at radius 1 is 1.21 bits per heavy atom. The molecule has 0 aromatic carbocycles. The van der Waals surface area contributed by atoms with Crippen LogP contribution < -0.4 is 10.5 Å². The van der Waals surface area contributed by atoms with Crippen LogP contribution >= 0.6 is 0 Å². The summed E-state index contributed by atoms with van der Waals surface area (Å²) in [4.78, 5) is 23.5. The highest BCUT2D eigenvalue weighted by molar-refractivity contribution is 6.07. The van der Waals surface area contributed by atoms with Gasteiger partial charge in [0.15, 0.2) is 0 Å². The monoisotopic (exact) mass is 524 g/mol. The first kappa shape index (κ1) is 27.6. The van der Waals surface area contributed by atoms with Crippen LogP contribution in [0.1, 0.15) is 57.6 Å². The lowest BCUT2D eigenvalue weighted by Crippen LogP contribution is -2.42. The Balaban J connectivity index is 1.44. The van der Waals surface area contributed by atoms with E-state index in [2.05, 4.69) is 10.1 Å². The normalized spacial score (nSPS) is 19.8. The Kier molecular flexibility index (Phi) is 8.71. The van der Waals surface area contributed by atoms with Crippen LogP contribution in [0.15, 0.2) is 35.2 Å². The van der Waals surface area contributed by atoms with Crippen LogP contribution in [0.5, 0.6) is 5.88 Å². The molecule has 0 radical (unpaired) electrons. The number of carbonyl (C=O) groups excluding carboxylic acids is 1. The summed E-state index contributed by atoms with van der Waals surface area (Å²) < 4.78 is 18.5. The molecule has 2 saturated heterocycles.